The molecule has 0 N–H and O–H groups in total. The van der Waals surface area contributed by atoms with Crippen molar-refractivity contribution in [2.45, 2.75) is 18.2 Å². The first-order chi connectivity index (χ1) is 8.28. The molecule has 1 atom stereocenters. The van der Waals surface area contributed by atoms with Crippen molar-refractivity contribution in [3.05, 3.63) is 12.1 Å². The summed E-state index contributed by atoms with van der Waals surface area (Å²) in [5.74, 6) is -5.09. The molecular formula is C7H4F10O2. The molecule has 0 heterocycles. The van der Waals surface area contributed by atoms with E-state index in [2.05, 4.69) is 9.47 Å². The second-order valence-corrected chi connectivity index (χ2v) is 2.95. The SMILES string of the molecule is FC(F)=C(F)OCC(F)(OCC(F)(F)F)C(F)(F)F. The van der Waals surface area contributed by atoms with Crippen LogP contribution in [0.2, 0.25) is 0 Å². The first-order valence-corrected chi connectivity index (χ1v) is 4.08. The van der Waals surface area contributed by atoms with E-state index in [0.717, 1.165) is 0 Å². The molecule has 0 aromatic heterocycles. The zero-order chi connectivity index (χ0) is 15.5. The molecule has 19 heavy (non-hydrogen) atoms. The average molecular weight is 310 g/mol. The Labute approximate surface area is 98.1 Å². The van der Waals surface area contributed by atoms with Gasteiger partial charge in [0.2, 0.25) is 0 Å². The van der Waals surface area contributed by atoms with Gasteiger partial charge in [-0.3, -0.25) is 0 Å². The lowest BCUT2D eigenvalue weighted by Crippen LogP contribution is -2.49. The normalized spacial score (nSPS) is 15.9. The van der Waals surface area contributed by atoms with E-state index in [0.29, 0.717) is 0 Å². The lowest BCUT2D eigenvalue weighted by molar-refractivity contribution is -0.361. The monoisotopic (exact) mass is 310 g/mol. The summed E-state index contributed by atoms with van der Waals surface area (Å²) in [6.07, 6.45) is -14.6. The van der Waals surface area contributed by atoms with Crippen LogP contribution in [0.4, 0.5) is 43.9 Å². The molecule has 0 fully saturated rings. The molecule has 0 radical (unpaired) electrons. The van der Waals surface area contributed by atoms with Gasteiger partial charge in [0.1, 0.15) is 6.61 Å². The lowest BCUT2D eigenvalue weighted by atomic mass is 10.3. The summed E-state index contributed by atoms with van der Waals surface area (Å²) in [6, 6.07) is -2.86. The van der Waals surface area contributed by atoms with Crippen LogP contribution < -0.4 is 0 Å². The fourth-order valence-electron chi connectivity index (χ4n) is 0.612. The minimum atomic E-state index is -6.05. The molecule has 0 aromatic rings. The van der Waals surface area contributed by atoms with Crippen molar-refractivity contribution in [1.29, 1.82) is 0 Å². The Kier molecular flexibility index (Phi) is 5.47. The van der Waals surface area contributed by atoms with Crippen molar-refractivity contribution < 1.29 is 53.4 Å². The molecule has 0 aliphatic rings. The number of hydrogen-bond acceptors (Lipinski definition) is 2. The van der Waals surface area contributed by atoms with Gasteiger partial charge in [-0.2, -0.15) is 43.9 Å². The van der Waals surface area contributed by atoms with E-state index in [-0.39, 0.29) is 0 Å². The molecule has 0 saturated carbocycles. The molecule has 1 unspecified atom stereocenters. The number of ether oxygens (including phenoxy) is 2. The Morgan fingerprint density at radius 1 is 0.789 bits per heavy atom. The summed E-state index contributed by atoms with van der Waals surface area (Å²) in [4.78, 5) is 0. The van der Waals surface area contributed by atoms with Crippen LogP contribution in [0.3, 0.4) is 0 Å². The molecule has 0 saturated heterocycles. The van der Waals surface area contributed by atoms with Crippen molar-refractivity contribution in [2.24, 2.45) is 0 Å². The first-order valence-electron chi connectivity index (χ1n) is 4.08. The fourth-order valence-corrected chi connectivity index (χ4v) is 0.612. The van der Waals surface area contributed by atoms with E-state index < -0.39 is 43.5 Å². The minimum absolute atomic E-state index is 2.56. The summed E-state index contributed by atoms with van der Waals surface area (Å²) in [5, 5.41) is 0. The largest absolute Gasteiger partial charge is 0.460 e. The quantitative estimate of drug-likeness (QED) is 0.567. The fraction of sp³-hybridized carbons (Fsp3) is 0.714. The molecular weight excluding hydrogens is 306 g/mol. The van der Waals surface area contributed by atoms with Crippen LogP contribution in [0.1, 0.15) is 0 Å². The van der Waals surface area contributed by atoms with Crippen molar-refractivity contribution in [3.63, 3.8) is 0 Å². The Bertz CT molecular complexity index is 328. The zero-order valence-corrected chi connectivity index (χ0v) is 8.51. The number of hydrogen-bond donors (Lipinski definition) is 0. The Morgan fingerprint density at radius 2 is 1.26 bits per heavy atom. The third-order valence-corrected chi connectivity index (χ3v) is 1.42. The van der Waals surface area contributed by atoms with Crippen molar-refractivity contribution in [2.75, 3.05) is 13.2 Å². The summed E-state index contributed by atoms with van der Waals surface area (Å²) in [6.45, 7) is -5.23. The maximum Gasteiger partial charge on any atom is 0.452 e. The highest BCUT2D eigenvalue weighted by molar-refractivity contribution is 4.85. The highest BCUT2D eigenvalue weighted by Gasteiger charge is 2.60. The Hall–Kier alpha value is -1.20. The summed E-state index contributed by atoms with van der Waals surface area (Å²) >= 11 is 0. The maximum atomic E-state index is 13.0. The molecule has 0 aliphatic carbocycles. The van der Waals surface area contributed by atoms with Gasteiger partial charge in [-0.1, -0.05) is 0 Å². The predicted octanol–water partition coefficient (Wildman–Crippen LogP) is 3.85. The van der Waals surface area contributed by atoms with Crippen molar-refractivity contribution in [3.8, 4) is 0 Å². The molecule has 0 spiro atoms. The zero-order valence-electron chi connectivity index (χ0n) is 8.51. The van der Waals surface area contributed by atoms with E-state index >= 15 is 0 Å². The molecule has 0 bridgehead atoms. The number of rotatable bonds is 5. The molecule has 114 valence electrons. The third-order valence-electron chi connectivity index (χ3n) is 1.42. The van der Waals surface area contributed by atoms with Crippen LogP contribution in [0.15, 0.2) is 12.1 Å². The van der Waals surface area contributed by atoms with Crippen LogP contribution in [0.5, 0.6) is 0 Å². The highest BCUT2D eigenvalue weighted by atomic mass is 19.4. The highest BCUT2D eigenvalue weighted by Crippen LogP contribution is 2.37. The Morgan fingerprint density at radius 3 is 1.58 bits per heavy atom. The second kappa shape index (κ2) is 5.84. The van der Waals surface area contributed by atoms with Gasteiger partial charge in [-0.05, 0) is 0 Å². The van der Waals surface area contributed by atoms with Crippen molar-refractivity contribution in [1.82, 2.24) is 0 Å². The van der Waals surface area contributed by atoms with Gasteiger partial charge in [0.15, 0.2) is 6.61 Å². The summed E-state index contributed by atoms with van der Waals surface area (Å²) in [7, 11) is 0. The van der Waals surface area contributed by atoms with Gasteiger partial charge in [0.05, 0.1) is 0 Å². The van der Waals surface area contributed by atoms with Gasteiger partial charge in [0, 0.05) is 0 Å². The van der Waals surface area contributed by atoms with Gasteiger partial charge < -0.3 is 9.47 Å². The average Bonchev–Trinajstić information content (AvgIpc) is 2.20. The third kappa shape index (κ3) is 5.98. The Balaban J connectivity index is 4.86. The van der Waals surface area contributed by atoms with Gasteiger partial charge in [-0.15, -0.1) is 0 Å². The lowest BCUT2D eigenvalue weighted by Gasteiger charge is -2.27. The van der Waals surface area contributed by atoms with Gasteiger partial charge in [0.25, 0.3) is 0 Å². The standard InChI is InChI=1S/C7H4F10O2/c8-3(9)4(10)18-1-5(11,7(15,16)17)19-2-6(12,13)14/h1-2H2. The van der Waals surface area contributed by atoms with E-state index in [4.69, 9.17) is 0 Å². The van der Waals surface area contributed by atoms with E-state index in [1.807, 2.05) is 0 Å². The summed E-state index contributed by atoms with van der Waals surface area (Å²) < 4.78 is 125. The van der Waals surface area contributed by atoms with Crippen LogP contribution in [0.25, 0.3) is 0 Å². The number of alkyl halides is 7. The minimum Gasteiger partial charge on any atom is -0.460 e. The molecule has 0 amide bonds. The van der Waals surface area contributed by atoms with E-state index in [9.17, 15) is 43.9 Å². The van der Waals surface area contributed by atoms with Gasteiger partial charge >= 0.3 is 30.3 Å². The predicted molar refractivity (Wildman–Crippen MR) is 38.2 cm³/mol. The molecule has 2 nitrogen and oxygen atoms in total. The van der Waals surface area contributed by atoms with E-state index in [1.54, 1.807) is 0 Å². The van der Waals surface area contributed by atoms with Gasteiger partial charge in [-0.25, -0.2) is 0 Å². The first kappa shape index (κ1) is 17.8. The molecule has 0 aliphatic heterocycles. The molecule has 0 aromatic carbocycles. The van der Waals surface area contributed by atoms with Crippen LogP contribution in [0, 0.1) is 0 Å². The number of halogens is 10. The topological polar surface area (TPSA) is 18.5 Å². The van der Waals surface area contributed by atoms with E-state index in [1.165, 1.54) is 0 Å². The van der Waals surface area contributed by atoms with Crippen LogP contribution in [-0.4, -0.2) is 31.4 Å². The summed E-state index contributed by atoms with van der Waals surface area (Å²) in [5.41, 5.74) is 0. The molecule has 0 rings (SSSR count). The van der Waals surface area contributed by atoms with Crippen LogP contribution in [-0.2, 0) is 9.47 Å². The second-order valence-electron chi connectivity index (χ2n) is 2.95. The van der Waals surface area contributed by atoms with Crippen LogP contribution >= 0.6 is 0 Å². The maximum absolute atomic E-state index is 13.0. The molecule has 12 heteroatoms. The van der Waals surface area contributed by atoms with Crippen molar-refractivity contribution >= 4 is 0 Å². The smallest absolute Gasteiger partial charge is 0.452 e.